The number of ether oxygens (including phenoxy) is 1. The van der Waals surface area contributed by atoms with Crippen molar-refractivity contribution in [1.29, 1.82) is 0 Å². The van der Waals surface area contributed by atoms with Gasteiger partial charge in [0.05, 0.1) is 17.6 Å². The number of carbonyl (C=O) groups is 2. The van der Waals surface area contributed by atoms with Crippen molar-refractivity contribution >= 4 is 23.5 Å². The molecule has 0 spiro atoms. The third kappa shape index (κ3) is 5.23. The summed E-state index contributed by atoms with van der Waals surface area (Å²) in [5.74, 6) is -0.383. The Morgan fingerprint density at radius 2 is 2.10 bits per heavy atom. The predicted molar refractivity (Wildman–Crippen MR) is 104 cm³/mol. The van der Waals surface area contributed by atoms with Crippen molar-refractivity contribution in [3.05, 3.63) is 47.7 Å². The zero-order chi connectivity index (χ0) is 21.7. The second kappa shape index (κ2) is 9.53. The number of benzene rings is 1. The van der Waals surface area contributed by atoms with Gasteiger partial charge in [0, 0.05) is 13.0 Å². The number of rotatable bonds is 10. The minimum atomic E-state index is -3.04. The zero-order valence-corrected chi connectivity index (χ0v) is 16.7. The molecule has 0 saturated carbocycles. The van der Waals surface area contributed by atoms with Gasteiger partial charge in [0.25, 0.3) is 0 Å². The van der Waals surface area contributed by atoms with Crippen molar-refractivity contribution < 1.29 is 27.5 Å². The molecular weight excluding hydrogens is 418 g/mol. The van der Waals surface area contributed by atoms with Crippen LogP contribution in [0.15, 0.2) is 46.2 Å². The van der Waals surface area contributed by atoms with Crippen molar-refractivity contribution in [2.75, 3.05) is 5.75 Å². The fourth-order valence-corrected chi connectivity index (χ4v) is 3.52. The zero-order valence-electron chi connectivity index (χ0n) is 15.9. The Labute approximate surface area is 174 Å². The minimum Gasteiger partial charge on any atom is -0.461 e. The van der Waals surface area contributed by atoms with E-state index < -0.39 is 18.3 Å². The van der Waals surface area contributed by atoms with E-state index in [0.29, 0.717) is 16.7 Å². The first-order valence-electron chi connectivity index (χ1n) is 8.82. The topological polar surface area (TPSA) is 113 Å². The van der Waals surface area contributed by atoms with Gasteiger partial charge in [-0.2, -0.15) is 8.78 Å². The third-order valence-corrected chi connectivity index (χ3v) is 4.99. The van der Waals surface area contributed by atoms with Crippen molar-refractivity contribution in [3.8, 4) is 17.3 Å². The molecule has 1 amide bonds. The number of Topliss-reactive ketones (excluding diaryl/α,β-unsaturated/α-hetero) is 1. The van der Waals surface area contributed by atoms with E-state index in [1.165, 1.54) is 18.4 Å². The minimum absolute atomic E-state index is 0.0392. The first-order valence-corrected chi connectivity index (χ1v) is 9.80. The molecule has 30 heavy (non-hydrogen) atoms. The number of hydrogen-bond acceptors (Lipinski definition) is 7. The van der Waals surface area contributed by atoms with Crippen molar-refractivity contribution in [1.82, 2.24) is 14.8 Å². The fourth-order valence-electron chi connectivity index (χ4n) is 2.68. The van der Waals surface area contributed by atoms with Gasteiger partial charge in [-0.05, 0) is 31.2 Å². The smallest absolute Gasteiger partial charge is 0.387 e. The Kier molecular flexibility index (Phi) is 6.83. The largest absolute Gasteiger partial charge is 0.461 e. The monoisotopic (exact) mass is 436 g/mol. The van der Waals surface area contributed by atoms with Gasteiger partial charge in [-0.25, -0.2) is 0 Å². The number of aryl methyl sites for hydroxylation is 1. The van der Waals surface area contributed by atoms with Crippen molar-refractivity contribution in [2.45, 2.75) is 31.7 Å². The summed E-state index contributed by atoms with van der Waals surface area (Å²) >= 11 is 1.06. The van der Waals surface area contributed by atoms with Crippen LogP contribution in [0.25, 0.3) is 11.6 Å². The normalized spacial score (nSPS) is 11.1. The lowest BCUT2D eigenvalue weighted by Crippen LogP contribution is -2.15. The van der Waals surface area contributed by atoms with E-state index >= 15 is 0 Å². The number of primary amides is 1. The number of ketones is 1. The lowest BCUT2D eigenvalue weighted by atomic mass is 10.1. The van der Waals surface area contributed by atoms with Gasteiger partial charge < -0.3 is 14.9 Å². The molecule has 0 aliphatic heterocycles. The number of hydrogen-bond donors (Lipinski definition) is 1. The van der Waals surface area contributed by atoms with E-state index in [-0.39, 0.29) is 30.0 Å². The number of nitrogens with zero attached hydrogens (tertiary/aromatic N) is 3. The van der Waals surface area contributed by atoms with Crippen LogP contribution >= 0.6 is 11.8 Å². The third-order valence-electron chi connectivity index (χ3n) is 4.02. The standard InChI is InChI=1S/C19H18F2N4O4S/c1-11-4-5-14(29-18(20)21)12(9-11)13(26)10-30-19-24-23-17(15-3-2-8-28-15)25(19)7-6-16(22)27/h2-5,8-9,18H,6-7,10H2,1H3,(H2,22,27). The number of alkyl halides is 2. The highest BCUT2D eigenvalue weighted by atomic mass is 32.2. The van der Waals surface area contributed by atoms with Crippen LogP contribution in [0.1, 0.15) is 22.3 Å². The molecule has 0 aliphatic rings. The summed E-state index contributed by atoms with van der Waals surface area (Å²) in [6.45, 7) is -1.11. The maximum absolute atomic E-state index is 12.7. The molecule has 3 aromatic rings. The Morgan fingerprint density at radius 1 is 1.30 bits per heavy atom. The number of halogens is 2. The van der Waals surface area contributed by atoms with Gasteiger partial charge in [-0.15, -0.1) is 10.2 Å². The average molecular weight is 436 g/mol. The Morgan fingerprint density at radius 3 is 2.77 bits per heavy atom. The molecule has 2 N–H and O–H groups in total. The number of aromatic nitrogens is 3. The molecule has 3 rings (SSSR count). The lowest BCUT2D eigenvalue weighted by Gasteiger charge is -2.11. The van der Waals surface area contributed by atoms with Crippen LogP contribution in [0.5, 0.6) is 5.75 Å². The number of carbonyl (C=O) groups excluding carboxylic acids is 2. The van der Waals surface area contributed by atoms with Gasteiger partial charge in [-0.1, -0.05) is 23.4 Å². The number of nitrogens with two attached hydrogens (primary N) is 1. The molecule has 1 aromatic carbocycles. The first kappa shape index (κ1) is 21.5. The van der Waals surface area contributed by atoms with Crippen molar-refractivity contribution in [2.24, 2.45) is 5.73 Å². The highest BCUT2D eigenvalue weighted by Gasteiger charge is 2.20. The highest BCUT2D eigenvalue weighted by molar-refractivity contribution is 7.99. The highest BCUT2D eigenvalue weighted by Crippen LogP contribution is 2.28. The molecule has 0 aliphatic carbocycles. The summed E-state index contributed by atoms with van der Waals surface area (Å²) in [6, 6.07) is 7.78. The fraction of sp³-hybridized carbons (Fsp3) is 0.263. The van der Waals surface area contributed by atoms with Gasteiger partial charge in [0.15, 0.2) is 22.5 Å². The summed E-state index contributed by atoms with van der Waals surface area (Å²) in [5.41, 5.74) is 6.03. The second-order valence-corrected chi connectivity index (χ2v) is 7.18. The van der Waals surface area contributed by atoms with Crippen LogP contribution in [0.2, 0.25) is 0 Å². The molecule has 8 nitrogen and oxygen atoms in total. The predicted octanol–water partition coefficient (Wildman–Crippen LogP) is 3.30. The van der Waals surface area contributed by atoms with E-state index in [9.17, 15) is 18.4 Å². The molecular formula is C19H18F2N4O4S. The molecule has 0 radical (unpaired) electrons. The van der Waals surface area contributed by atoms with E-state index in [2.05, 4.69) is 14.9 Å². The Bertz CT molecular complexity index is 1040. The Hall–Kier alpha value is -3.21. The maximum atomic E-state index is 12.7. The van der Waals surface area contributed by atoms with Gasteiger partial charge in [-0.3, -0.25) is 14.2 Å². The maximum Gasteiger partial charge on any atom is 0.387 e. The van der Waals surface area contributed by atoms with E-state index in [1.54, 1.807) is 29.7 Å². The molecule has 11 heteroatoms. The summed E-state index contributed by atoms with van der Waals surface area (Å²) in [5, 5.41) is 8.49. The summed E-state index contributed by atoms with van der Waals surface area (Å²) in [4.78, 5) is 23.9. The molecule has 0 bridgehead atoms. The SMILES string of the molecule is Cc1ccc(OC(F)F)c(C(=O)CSc2nnc(-c3ccco3)n2CCC(N)=O)c1. The summed E-state index contributed by atoms with van der Waals surface area (Å²) < 4.78 is 36.7. The summed E-state index contributed by atoms with van der Waals surface area (Å²) in [7, 11) is 0. The van der Waals surface area contributed by atoms with Gasteiger partial charge >= 0.3 is 6.61 Å². The lowest BCUT2D eigenvalue weighted by molar-refractivity contribution is -0.118. The van der Waals surface area contributed by atoms with E-state index in [4.69, 9.17) is 10.2 Å². The van der Waals surface area contributed by atoms with Crippen LogP contribution in [-0.2, 0) is 11.3 Å². The average Bonchev–Trinajstić information content (AvgIpc) is 3.34. The first-order chi connectivity index (χ1) is 14.3. The molecule has 2 aromatic heterocycles. The molecule has 0 fully saturated rings. The van der Waals surface area contributed by atoms with Crippen LogP contribution < -0.4 is 10.5 Å². The number of furan rings is 1. The summed E-state index contributed by atoms with van der Waals surface area (Å²) in [6.07, 6.45) is 1.51. The van der Waals surface area contributed by atoms with Crippen LogP contribution in [0, 0.1) is 6.92 Å². The quantitative estimate of drug-likeness (QED) is 0.383. The molecule has 0 atom stereocenters. The van der Waals surface area contributed by atoms with Crippen LogP contribution in [0.3, 0.4) is 0 Å². The van der Waals surface area contributed by atoms with Crippen LogP contribution in [0.4, 0.5) is 8.78 Å². The molecule has 0 saturated heterocycles. The molecule has 2 heterocycles. The van der Waals surface area contributed by atoms with E-state index in [1.807, 2.05) is 0 Å². The van der Waals surface area contributed by atoms with Gasteiger partial charge in [0.1, 0.15) is 5.75 Å². The number of amides is 1. The van der Waals surface area contributed by atoms with E-state index in [0.717, 1.165) is 17.3 Å². The molecule has 158 valence electrons. The van der Waals surface area contributed by atoms with Crippen LogP contribution in [-0.4, -0.2) is 38.8 Å². The van der Waals surface area contributed by atoms with Crippen molar-refractivity contribution in [3.63, 3.8) is 0 Å². The Balaban J connectivity index is 1.81. The van der Waals surface area contributed by atoms with Gasteiger partial charge in [0.2, 0.25) is 5.91 Å². The molecule has 0 unspecified atom stereocenters. The second-order valence-electron chi connectivity index (χ2n) is 6.24. The number of thioether (sulfide) groups is 1.